The molecular formula is C8H13NO2. The molecular weight excluding hydrogens is 142 g/mol. The number of hydrogen-bond donors (Lipinski definition) is 1. The first-order valence-electron chi connectivity index (χ1n) is 3.80. The molecule has 0 radical (unpaired) electrons. The van der Waals surface area contributed by atoms with Gasteiger partial charge in [0.2, 0.25) is 0 Å². The van der Waals surface area contributed by atoms with E-state index in [4.69, 9.17) is 10.5 Å². The number of Topliss-reactive ketones (excluding diaryl/α,β-unsaturated/α-hetero) is 1. The SMILES string of the molecule is CC(CN)C(=O)C1=COCC1. The second-order valence-electron chi connectivity index (χ2n) is 2.76. The molecule has 0 bridgehead atoms. The molecule has 2 N–H and O–H groups in total. The fourth-order valence-corrected chi connectivity index (χ4v) is 0.992. The van der Waals surface area contributed by atoms with Gasteiger partial charge in [-0.3, -0.25) is 4.79 Å². The summed E-state index contributed by atoms with van der Waals surface area (Å²) in [6, 6.07) is 0. The highest BCUT2D eigenvalue weighted by Gasteiger charge is 2.19. The van der Waals surface area contributed by atoms with Crippen molar-refractivity contribution in [3.8, 4) is 0 Å². The summed E-state index contributed by atoms with van der Waals surface area (Å²) in [6.45, 7) is 2.88. The molecule has 1 atom stereocenters. The van der Waals surface area contributed by atoms with E-state index in [1.807, 2.05) is 6.92 Å². The smallest absolute Gasteiger partial charge is 0.166 e. The van der Waals surface area contributed by atoms with Crippen LogP contribution in [0.5, 0.6) is 0 Å². The van der Waals surface area contributed by atoms with E-state index in [-0.39, 0.29) is 11.7 Å². The first-order valence-corrected chi connectivity index (χ1v) is 3.80. The van der Waals surface area contributed by atoms with Crippen LogP contribution < -0.4 is 5.73 Å². The summed E-state index contributed by atoms with van der Waals surface area (Å²) in [6.07, 6.45) is 2.29. The first-order chi connectivity index (χ1) is 5.25. The van der Waals surface area contributed by atoms with E-state index in [1.165, 1.54) is 0 Å². The maximum Gasteiger partial charge on any atom is 0.166 e. The minimum absolute atomic E-state index is 0.0667. The van der Waals surface area contributed by atoms with Gasteiger partial charge in [-0.2, -0.15) is 0 Å². The Morgan fingerprint density at radius 1 is 1.91 bits per heavy atom. The van der Waals surface area contributed by atoms with E-state index in [1.54, 1.807) is 6.26 Å². The lowest BCUT2D eigenvalue weighted by atomic mass is 9.99. The Morgan fingerprint density at radius 2 is 2.64 bits per heavy atom. The molecule has 11 heavy (non-hydrogen) atoms. The minimum atomic E-state index is -0.0667. The van der Waals surface area contributed by atoms with Crippen molar-refractivity contribution in [2.45, 2.75) is 13.3 Å². The van der Waals surface area contributed by atoms with E-state index in [0.29, 0.717) is 13.2 Å². The molecule has 0 saturated carbocycles. The monoisotopic (exact) mass is 155 g/mol. The summed E-state index contributed by atoms with van der Waals surface area (Å²) in [5, 5.41) is 0. The largest absolute Gasteiger partial charge is 0.500 e. The Hall–Kier alpha value is -0.830. The Kier molecular flexibility index (Phi) is 2.65. The Morgan fingerprint density at radius 3 is 3.09 bits per heavy atom. The first kappa shape index (κ1) is 8.27. The second kappa shape index (κ2) is 3.53. The van der Waals surface area contributed by atoms with Crippen LogP contribution in [-0.2, 0) is 9.53 Å². The minimum Gasteiger partial charge on any atom is -0.500 e. The van der Waals surface area contributed by atoms with Gasteiger partial charge >= 0.3 is 0 Å². The molecule has 0 saturated heterocycles. The zero-order valence-corrected chi connectivity index (χ0v) is 6.67. The highest BCUT2D eigenvalue weighted by atomic mass is 16.5. The molecule has 0 spiro atoms. The molecule has 0 aromatic rings. The van der Waals surface area contributed by atoms with Crippen LogP contribution in [-0.4, -0.2) is 18.9 Å². The van der Waals surface area contributed by atoms with Crippen LogP contribution in [0.15, 0.2) is 11.8 Å². The van der Waals surface area contributed by atoms with Crippen LogP contribution in [0.2, 0.25) is 0 Å². The van der Waals surface area contributed by atoms with Gasteiger partial charge in [-0.05, 0) is 0 Å². The fraction of sp³-hybridized carbons (Fsp3) is 0.625. The summed E-state index contributed by atoms with van der Waals surface area (Å²) in [7, 11) is 0. The van der Waals surface area contributed by atoms with Gasteiger partial charge in [0.05, 0.1) is 12.9 Å². The van der Waals surface area contributed by atoms with Crippen LogP contribution in [0.3, 0.4) is 0 Å². The zero-order chi connectivity index (χ0) is 8.27. The summed E-state index contributed by atoms with van der Waals surface area (Å²) in [5.41, 5.74) is 6.13. The summed E-state index contributed by atoms with van der Waals surface area (Å²) < 4.78 is 4.95. The number of carbonyl (C=O) groups is 1. The highest BCUT2D eigenvalue weighted by molar-refractivity contribution is 5.97. The number of carbonyl (C=O) groups excluding carboxylic acids is 1. The molecule has 1 rings (SSSR count). The lowest BCUT2D eigenvalue weighted by Crippen LogP contribution is -2.21. The molecule has 3 nitrogen and oxygen atoms in total. The van der Waals surface area contributed by atoms with Crippen LogP contribution in [0.4, 0.5) is 0 Å². The van der Waals surface area contributed by atoms with Crippen molar-refractivity contribution in [2.24, 2.45) is 11.7 Å². The van der Waals surface area contributed by atoms with Crippen LogP contribution in [0, 0.1) is 5.92 Å². The predicted molar refractivity (Wildman–Crippen MR) is 41.9 cm³/mol. The Labute approximate surface area is 66.2 Å². The van der Waals surface area contributed by atoms with Crippen molar-refractivity contribution in [2.75, 3.05) is 13.2 Å². The third-order valence-electron chi connectivity index (χ3n) is 1.83. The van der Waals surface area contributed by atoms with E-state index >= 15 is 0 Å². The van der Waals surface area contributed by atoms with Crippen LogP contribution in [0.1, 0.15) is 13.3 Å². The fourth-order valence-electron chi connectivity index (χ4n) is 0.992. The van der Waals surface area contributed by atoms with Gasteiger partial charge in [0.15, 0.2) is 5.78 Å². The number of ether oxygens (including phenoxy) is 1. The van der Waals surface area contributed by atoms with E-state index < -0.39 is 0 Å². The topological polar surface area (TPSA) is 52.3 Å². The Bertz CT molecular complexity index is 187. The third kappa shape index (κ3) is 1.80. The lowest BCUT2D eigenvalue weighted by molar-refractivity contribution is -0.118. The molecule has 3 heteroatoms. The lowest BCUT2D eigenvalue weighted by Gasteiger charge is -2.05. The molecule has 0 fully saturated rings. The average molecular weight is 155 g/mol. The quantitative estimate of drug-likeness (QED) is 0.644. The second-order valence-corrected chi connectivity index (χ2v) is 2.76. The molecule has 0 amide bonds. The molecule has 1 unspecified atom stereocenters. The molecule has 1 heterocycles. The van der Waals surface area contributed by atoms with Gasteiger partial charge in [0.25, 0.3) is 0 Å². The normalized spacial score (nSPS) is 18.9. The van der Waals surface area contributed by atoms with E-state index in [9.17, 15) is 4.79 Å². The highest BCUT2D eigenvalue weighted by Crippen LogP contribution is 2.15. The third-order valence-corrected chi connectivity index (χ3v) is 1.83. The average Bonchev–Trinajstić information content (AvgIpc) is 2.53. The van der Waals surface area contributed by atoms with Crippen LogP contribution in [0.25, 0.3) is 0 Å². The van der Waals surface area contributed by atoms with Gasteiger partial charge in [-0.15, -0.1) is 0 Å². The molecule has 1 aliphatic rings. The van der Waals surface area contributed by atoms with Gasteiger partial charge in [-0.25, -0.2) is 0 Å². The number of nitrogens with two attached hydrogens (primary N) is 1. The molecule has 0 aromatic heterocycles. The van der Waals surface area contributed by atoms with E-state index in [2.05, 4.69) is 0 Å². The molecule has 1 aliphatic heterocycles. The van der Waals surface area contributed by atoms with Gasteiger partial charge in [0.1, 0.15) is 0 Å². The van der Waals surface area contributed by atoms with Crippen molar-refractivity contribution < 1.29 is 9.53 Å². The van der Waals surface area contributed by atoms with Gasteiger partial charge in [-0.1, -0.05) is 6.92 Å². The molecule has 0 aromatic carbocycles. The molecule has 62 valence electrons. The summed E-state index contributed by atoms with van der Waals surface area (Å²) in [4.78, 5) is 11.3. The maximum atomic E-state index is 11.3. The standard InChI is InChI=1S/C8H13NO2/c1-6(4-9)8(10)7-2-3-11-5-7/h5-6H,2-4,9H2,1H3. The van der Waals surface area contributed by atoms with E-state index in [0.717, 1.165) is 12.0 Å². The van der Waals surface area contributed by atoms with Gasteiger partial charge < -0.3 is 10.5 Å². The van der Waals surface area contributed by atoms with Crippen molar-refractivity contribution in [1.29, 1.82) is 0 Å². The van der Waals surface area contributed by atoms with Crippen LogP contribution >= 0.6 is 0 Å². The number of hydrogen-bond acceptors (Lipinski definition) is 3. The summed E-state index contributed by atoms with van der Waals surface area (Å²) in [5.74, 6) is 0.0629. The molecule has 0 aliphatic carbocycles. The maximum absolute atomic E-state index is 11.3. The Balaban J connectivity index is 2.53. The number of ketones is 1. The van der Waals surface area contributed by atoms with Crippen molar-refractivity contribution in [3.63, 3.8) is 0 Å². The predicted octanol–water partition coefficient (Wildman–Crippen LogP) is 0.455. The van der Waals surface area contributed by atoms with Crippen molar-refractivity contribution in [1.82, 2.24) is 0 Å². The number of rotatable bonds is 3. The van der Waals surface area contributed by atoms with Crippen molar-refractivity contribution in [3.05, 3.63) is 11.8 Å². The van der Waals surface area contributed by atoms with Crippen molar-refractivity contribution >= 4 is 5.78 Å². The summed E-state index contributed by atoms with van der Waals surface area (Å²) >= 11 is 0. The zero-order valence-electron chi connectivity index (χ0n) is 6.67. The van der Waals surface area contributed by atoms with Gasteiger partial charge in [0, 0.05) is 24.5 Å².